The predicted molar refractivity (Wildman–Crippen MR) is 74.9 cm³/mol. The molecule has 1 aromatic heterocycles. The molecule has 0 aliphatic carbocycles. The third-order valence-corrected chi connectivity index (χ3v) is 4.12. The highest BCUT2D eigenvalue weighted by molar-refractivity contribution is 5.92. The average molecular weight is 274 g/mol. The van der Waals surface area contributed by atoms with E-state index in [0.29, 0.717) is 5.56 Å². The molecule has 1 aliphatic heterocycles. The van der Waals surface area contributed by atoms with Crippen LogP contribution in [0.15, 0.2) is 24.5 Å². The normalized spacial score (nSPS) is 18.2. The van der Waals surface area contributed by atoms with Crippen molar-refractivity contribution in [1.29, 1.82) is 0 Å². The van der Waals surface area contributed by atoms with E-state index in [1.807, 2.05) is 0 Å². The molecular formula is C15H18N2O3. The molecule has 2 heterocycles. The van der Waals surface area contributed by atoms with Crippen LogP contribution in [0.1, 0.15) is 30.1 Å². The Bertz CT molecular complexity index is 642. The van der Waals surface area contributed by atoms with Crippen molar-refractivity contribution in [3.63, 3.8) is 0 Å². The molecule has 1 fully saturated rings. The number of carboxylic acid groups (broad SMARTS) is 1. The van der Waals surface area contributed by atoms with Crippen LogP contribution in [-0.2, 0) is 11.3 Å². The van der Waals surface area contributed by atoms with E-state index in [1.54, 1.807) is 24.5 Å². The van der Waals surface area contributed by atoms with Gasteiger partial charge in [-0.1, -0.05) is 6.92 Å². The third kappa shape index (κ3) is 2.41. The maximum Gasteiger partial charge on any atom is 0.335 e. The summed E-state index contributed by atoms with van der Waals surface area (Å²) in [4.78, 5) is 15.4. The second-order valence-electron chi connectivity index (χ2n) is 5.80. The number of benzene rings is 1. The Morgan fingerprint density at radius 3 is 2.90 bits per heavy atom. The average Bonchev–Trinajstić information content (AvgIpc) is 2.81. The number of hydrogen-bond donors (Lipinski definition) is 1. The number of carboxylic acids is 1. The monoisotopic (exact) mass is 274 g/mol. The lowest BCUT2D eigenvalue weighted by molar-refractivity contribution is 0.0160. The molecule has 3 rings (SSSR count). The standard InChI is InChI=1S/C15H18N2O3/c1-15(4-6-20-7-5-15)9-17-10-16-12-3-2-11(14(18)19)8-13(12)17/h2-3,8,10H,4-7,9H2,1H3,(H,18,19). The van der Waals surface area contributed by atoms with Crippen LogP contribution in [0.4, 0.5) is 0 Å². The van der Waals surface area contributed by atoms with Crippen molar-refractivity contribution >= 4 is 17.0 Å². The van der Waals surface area contributed by atoms with Crippen LogP contribution >= 0.6 is 0 Å². The smallest absolute Gasteiger partial charge is 0.335 e. The van der Waals surface area contributed by atoms with Gasteiger partial charge in [0.1, 0.15) is 0 Å². The molecular weight excluding hydrogens is 256 g/mol. The van der Waals surface area contributed by atoms with Crippen molar-refractivity contribution in [3.8, 4) is 0 Å². The predicted octanol–water partition coefficient (Wildman–Crippen LogP) is 2.55. The summed E-state index contributed by atoms with van der Waals surface area (Å²) in [7, 11) is 0. The molecule has 1 aromatic carbocycles. The van der Waals surface area contributed by atoms with E-state index in [4.69, 9.17) is 9.84 Å². The number of fused-ring (bicyclic) bond motifs is 1. The fraction of sp³-hybridized carbons (Fsp3) is 0.467. The molecule has 0 amide bonds. The van der Waals surface area contributed by atoms with Gasteiger partial charge in [-0.15, -0.1) is 0 Å². The molecule has 0 radical (unpaired) electrons. The number of aromatic nitrogens is 2. The fourth-order valence-electron chi connectivity index (χ4n) is 2.75. The zero-order chi connectivity index (χ0) is 14.2. The molecule has 1 aliphatic rings. The van der Waals surface area contributed by atoms with Crippen molar-refractivity contribution in [3.05, 3.63) is 30.1 Å². The van der Waals surface area contributed by atoms with Crippen LogP contribution in [0.2, 0.25) is 0 Å². The molecule has 0 atom stereocenters. The summed E-state index contributed by atoms with van der Waals surface area (Å²) >= 11 is 0. The molecule has 106 valence electrons. The van der Waals surface area contributed by atoms with E-state index >= 15 is 0 Å². The SMILES string of the molecule is CC1(Cn2cnc3ccc(C(=O)O)cc32)CCOCC1. The van der Waals surface area contributed by atoms with Crippen molar-refractivity contribution in [2.45, 2.75) is 26.3 Å². The first-order valence-electron chi connectivity index (χ1n) is 6.83. The number of ether oxygens (including phenoxy) is 1. The van der Waals surface area contributed by atoms with E-state index in [0.717, 1.165) is 43.6 Å². The van der Waals surface area contributed by atoms with Gasteiger partial charge in [-0.3, -0.25) is 0 Å². The highest BCUT2D eigenvalue weighted by Crippen LogP contribution is 2.32. The Morgan fingerprint density at radius 2 is 2.20 bits per heavy atom. The summed E-state index contributed by atoms with van der Waals surface area (Å²) in [6, 6.07) is 5.06. The number of aromatic carboxylic acids is 1. The summed E-state index contributed by atoms with van der Waals surface area (Å²) in [6.45, 7) is 4.69. The number of carbonyl (C=O) groups is 1. The van der Waals surface area contributed by atoms with Crippen LogP contribution < -0.4 is 0 Å². The largest absolute Gasteiger partial charge is 0.478 e. The van der Waals surface area contributed by atoms with Gasteiger partial charge in [0.2, 0.25) is 0 Å². The van der Waals surface area contributed by atoms with Crippen molar-refractivity contribution in [2.24, 2.45) is 5.41 Å². The zero-order valence-corrected chi connectivity index (χ0v) is 11.5. The second-order valence-corrected chi connectivity index (χ2v) is 5.80. The molecule has 1 N–H and O–H groups in total. The quantitative estimate of drug-likeness (QED) is 0.934. The van der Waals surface area contributed by atoms with Gasteiger partial charge in [-0.25, -0.2) is 9.78 Å². The molecule has 0 spiro atoms. The molecule has 20 heavy (non-hydrogen) atoms. The summed E-state index contributed by atoms with van der Waals surface area (Å²) in [5, 5.41) is 9.10. The van der Waals surface area contributed by atoms with E-state index in [2.05, 4.69) is 16.5 Å². The maximum atomic E-state index is 11.1. The lowest BCUT2D eigenvalue weighted by Gasteiger charge is -2.33. The summed E-state index contributed by atoms with van der Waals surface area (Å²) < 4.78 is 7.48. The van der Waals surface area contributed by atoms with E-state index in [1.165, 1.54) is 0 Å². The van der Waals surface area contributed by atoms with Gasteiger partial charge < -0.3 is 14.4 Å². The van der Waals surface area contributed by atoms with E-state index in [9.17, 15) is 4.79 Å². The number of hydrogen-bond acceptors (Lipinski definition) is 3. The lowest BCUT2D eigenvalue weighted by atomic mass is 9.82. The first-order valence-corrected chi connectivity index (χ1v) is 6.83. The Hall–Kier alpha value is -1.88. The first kappa shape index (κ1) is 13.1. The molecule has 0 unspecified atom stereocenters. The van der Waals surface area contributed by atoms with Crippen molar-refractivity contribution in [2.75, 3.05) is 13.2 Å². The summed E-state index contributed by atoms with van der Waals surface area (Å²) in [6.07, 6.45) is 3.84. The molecule has 2 aromatic rings. The van der Waals surface area contributed by atoms with Gasteiger partial charge in [-0.05, 0) is 36.5 Å². The van der Waals surface area contributed by atoms with Crippen LogP contribution in [0.25, 0.3) is 11.0 Å². The molecule has 5 heteroatoms. The Balaban J connectivity index is 1.94. The van der Waals surface area contributed by atoms with Gasteiger partial charge in [0.25, 0.3) is 0 Å². The highest BCUT2D eigenvalue weighted by atomic mass is 16.5. The third-order valence-electron chi connectivity index (χ3n) is 4.12. The second kappa shape index (κ2) is 4.90. The summed E-state index contributed by atoms with van der Waals surface area (Å²) in [5.74, 6) is -0.906. The number of nitrogens with zero attached hydrogens (tertiary/aromatic N) is 2. The highest BCUT2D eigenvalue weighted by Gasteiger charge is 2.28. The minimum atomic E-state index is -0.906. The lowest BCUT2D eigenvalue weighted by Crippen LogP contribution is -2.30. The Labute approximate surface area is 117 Å². The Morgan fingerprint density at radius 1 is 1.45 bits per heavy atom. The zero-order valence-electron chi connectivity index (χ0n) is 11.5. The molecule has 0 saturated carbocycles. The van der Waals surface area contributed by atoms with Crippen molar-refractivity contribution in [1.82, 2.24) is 9.55 Å². The van der Waals surface area contributed by atoms with Gasteiger partial charge in [0, 0.05) is 19.8 Å². The fourth-order valence-corrected chi connectivity index (χ4v) is 2.75. The molecule has 1 saturated heterocycles. The minimum absolute atomic E-state index is 0.186. The van der Waals surface area contributed by atoms with Crippen LogP contribution in [0.3, 0.4) is 0 Å². The minimum Gasteiger partial charge on any atom is -0.478 e. The van der Waals surface area contributed by atoms with Gasteiger partial charge in [0.05, 0.1) is 22.9 Å². The summed E-state index contributed by atoms with van der Waals surface area (Å²) in [5.41, 5.74) is 2.21. The number of imidazole rings is 1. The first-order chi connectivity index (χ1) is 9.57. The van der Waals surface area contributed by atoms with Crippen LogP contribution in [-0.4, -0.2) is 33.8 Å². The van der Waals surface area contributed by atoms with E-state index < -0.39 is 5.97 Å². The van der Waals surface area contributed by atoms with Crippen LogP contribution in [0, 0.1) is 5.41 Å². The van der Waals surface area contributed by atoms with Crippen LogP contribution in [0.5, 0.6) is 0 Å². The van der Waals surface area contributed by atoms with Gasteiger partial charge in [0.15, 0.2) is 0 Å². The number of rotatable bonds is 3. The molecule has 0 bridgehead atoms. The maximum absolute atomic E-state index is 11.1. The van der Waals surface area contributed by atoms with E-state index in [-0.39, 0.29) is 5.41 Å². The topological polar surface area (TPSA) is 64.4 Å². The Kier molecular flexibility index (Phi) is 3.22. The molecule has 5 nitrogen and oxygen atoms in total. The van der Waals surface area contributed by atoms with Gasteiger partial charge >= 0.3 is 5.97 Å². The van der Waals surface area contributed by atoms with Crippen molar-refractivity contribution < 1.29 is 14.6 Å². The van der Waals surface area contributed by atoms with Gasteiger partial charge in [-0.2, -0.15) is 0 Å².